The van der Waals surface area contributed by atoms with E-state index in [9.17, 15) is 4.79 Å². The second-order valence-electron chi connectivity index (χ2n) is 7.88. The first kappa shape index (κ1) is 20.2. The van der Waals surface area contributed by atoms with Crippen molar-refractivity contribution in [2.24, 2.45) is 0 Å². The summed E-state index contributed by atoms with van der Waals surface area (Å²) in [6.45, 7) is 7.56. The molecule has 5 nitrogen and oxygen atoms in total. The highest BCUT2D eigenvalue weighted by Crippen LogP contribution is 2.23. The number of hydrogen-bond acceptors (Lipinski definition) is 4. The molecule has 0 atom stereocenters. The van der Waals surface area contributed by atoms with Crippen LogP contribution in [0.4, 0.5) is 5.69 Å². The number of anilines is 1. The summed E-state index contributed by atoms with van der Waals surface area (Å²) in [5.41, 5.74) is 0.837. The minimum atomic E-state index is 0.0702. The molecule has 2 fully saturated rings. The molecule has 150 valence electrons. The Morgan fingerprint density at radius 3 is 2.44 bits per heavy atom. The molecule has 1 heterocycles. The zero-order chi connectivity index (χ0) is 18.9. The van der Waals surface area contributed by atoms with Crippen LogP contribution >= 0.6 is 0 Å². The molecular weight excluding hydrogens is 338 g/mol. The fraction of sp³-hybridized carbons (Fsp3) is 0.682. The standard InChI is InChI=1S/C22H35N3O2/c1-2-3-17-27-21-11-9-19(10-12-21)23-22(26)18-24-13-15-25(16-14-24)20-7-5-4-6-8-20/h9-12,20H,2-8,13-18H2,1H3,(H,23,26). The Labute approximate surface area is 164 Å². The van der Waals surface area contributed by atoms with Crippen molar-refractivity contribution in [3.63, 3.8) is 0 Å². The maximum atomic E-state index is 12.4. The van der Waals surface area contributed by atoms with Crippen molar-refractivity contribution in [2.75, 3.05) is 44.6 Å². The molecule has 1 aromatic carbocycles. The van der Waals surface area contributed by atoms with Crippen LogP contribution in [0.25, 0.3) is 0 Å². The maximum absolute atomic E-state index is 12.4. The topological polar surface area (TPSA) is 44.8 Å². The number of carbonyl (C=O) groups excluding carboxylic acids is 1. The second-order valence-corrected chi connectivity index (χ2v) is 7.88. The Morgan fingerprint density at radius 1 is 1.07 bits per heavy atom. The van der Waals surface area contributed by atoms with Crippen LogP contribution in [0.5, 0.6) is 5.75 Å². The van der Waals surface area contributed by atoms with E-state index in [1.54, 1.807) is 0 Å². The monoisotopic (exact) mass is 373 g/mol. The molecule has 1 saturated heterocycles. The predicted molar refractivity (Wildman–Crippen MR) is 110 cm³/mol. The van der Waals surface area contributed by atoms with Crippen LogP contribution in [0.3, 0.4) is 0 Å². The van der Waals surface area contributed by atoms with Gasteiger partial charge in [0.25, 0.3) is 0 Å². The van der Waals surface area contributed by atoms with E-state index in [-0.39, 0.29) is 5.91 Å². The van der Waals surface area contributed by atoms with Crippen LogP contribution in [0.15, 0.2) is 24.3 Å². The van der Waals surface area contributed by atoms with Crippen molar-refractivity contribution in [1.82, 2.24) is 9.80 Å². The van der Waals surface area contributed by atoms with Crippen LogP contribution < -0.4 is 10.1 Å². The summed E-state index contributed by atoms with van der Waals surface area (Å²) < 4.78 is 5.66. The summed E-state index contributed by atoms with van der Waals surface area (Å²) in [5, 5.41) is 3.01. The first-order valence-electron chi connectivity index (χ1n) is 10.7. The lowest BCUT2D eigenvalue weighted by atomic mass is 9.94. The molecule has 2 aliphatic rings. The zero-order valence-corrected chi connectivity index (χ0v) is 16.8. The molecule has 1 aliphatic heterocycles. The predicted octanol–water partition coefficient (Wildman–Crippen LogP) is 3.75. The summed E-state index contributed by atoms with van der Waals surface area (Å²) in [5.74, 6) is 0.932. The Morgan fingerprint density at radius 2 is 1.78 bits per heavy atom. The molecule has 1 amide bonds. The number of ether oxygens (including phenoxy) is 1. The number of nitrogens with one attached hydrogen (secondary N) is 1. The van der Waals surface area contributed by atoms with Crippen molar-refractivity contribution in [1.29, 1.82) is 0 Å². The van der Waals surface area contributed by atoms with Gasteiger partial charge in [0.2, 0.25) is 5.91 Å². The van der Waals surface area contributed by atoms with Gasteiger partial charge in [0.1, 0.15) is 5.75 Å². The largest absolute Gasteiger partial charge is 0.494 e. The molecule has 1 aromatic rings. The van der Waals surface area contributed by atoms with Gasteiger partial charge < -0.3 is 10.1 Å². The molecule has 5 heteroatoms. The third-order valence-electron chi connectivity index (χ3n) is 5.77. The van der Waals surface area contributed by atoms with E-state index in [2.05, 4.69) is 22.0 Å². The molecule has 0 aromatic heterocycles. The molecule has 3 rings (SSSR count). The molecule has 0 unspecified atom stereocenters. The first-order chi connectivity index (χ1) is 13.2. The maximum Gasteiger partial charge on any atom is 0.238 e. The van der Waals surface area contributed by atoms with Gasteiger partial charge in [0.15, 0.2) is 0 Å². The highest BCUT2D eigenvalue weighted by molar-refractivity contribution is 5.92. The van der Waals surface area contributed by atoms with Gasteiger partial charge in [0, 0.05) is 37.9 Å². The summed E-state index contributed by atoms with van der Waals surface area (Å²) in [6.07, 6.45) is 9.08. The minimum Gasteiger partial charge on any atom is -0.494 e. The van der Waals surface area contributed by atoms with E-state index >= 15 is 0 Å². The van der Waals surface area contributed by atoms with E-state index in [1.165, 1.54) is 32.1 Å². The number of carbonyl (C=O) groups is 1. The molecule has 1 saturated carbocycles. The summed E-state index contributed by atoms with van der Waals surface area (Å²) in [6, 6.07) is 8.47. The van der Waals surface area contributed by atoms with Gasteiger partial charge >= 0.3 is 0 Å². The Balaban J connectivity index is 1.37. The van der Waals surface area contributed by atoms with E-state index in [4.69, 9.17) is 4.74 Å². The number of hydrogen-bond donors (Lipinski definition) is 1. The summed E-state index contributed by atoms with van der Waals surface area (Å²) in [4.78, 5) is 17.3. The van der Waals surface area contributed by atoms with Gasteiger partial charge in [-0.1, -0.05) is 32.6 Å². The first-order valence-corrected chi connectivity index (χ1v) is 10.7. The molecule has 1 aliphatic carbocycles. The fourth-order valence-electron chi connectivity index (χ4n) is 4.11. The van der Waals surface area contributed by atoms with Gasteiger partial charge in [-0.3, -0.25) is 14.6 Å². The second kappa shape index (κ2) is 10.7. The van der Waals surface area contributed by atoms with Gasteiger partial charge in [-0.15, -0.1) is 0 Å². The summed E-state index contributed by atoms with van der Waals surface area (Å²) >= 11 is 0. The van der Waals surface area contributed by atoms with Crippen LogP contribution in [-0.4, -0.2) is 61.1 Å². The van der Waals surface area contributed by atoms with Gasteiger partial charge in [-0.05, 0) is 43.5 Å². The minimum absolute atomic E-state index is 0.0702. The molecule has 0 radical (unpaired) electrons. The zero-order valence-electron chi connectivity index (χ0n) is 16.8. The fourth-order valence-corrected chi connectivity index (χ4v) is 4.11. The van der Waals surface area contributed by atoms with Crippen molar-refractivity contribution < 1.29 is 9.53 Å². The lowest BCUT2D eigenvalue weighted by Crippen LogP contribution is -2.52. The van der Waals surface area contributed by atoms with Crippen molar-refractivity contribution in [3.05, 3.63) is 24.3 Å². The van der Waals surface area contributed by atoms with E-state index < -0.39 is 0 Å². The number of benzene rings is 1. The Kier molecular flexibility index (Phi) is 7.96. The quantitative estimate of drug-likeness (QED) is 0.705. The number of rotatable bonds is 8. The number of piperazine rings is 1. The van der Waals surface area contributed by atoms with Crippen LogP contribution in [0, 0.1) is 0 Å². The highest BCUT2D eigenvalue weighted by atomic mass is 16.5. The lowest BCUT2D eigenvalue weighted by Gasteiger charge is -2.40. The van der Waals surface area contributed by atoms with Crippen molar-refractivity contribution >= 4 is 11.6 Å². The number of amides is 1. The van der Waals surface area contributed by atoms with Gasteiger partial charge in [0.05, 0.1) is 13.2 Å². The molecule has 0 spiro atoms. The van der Waals surface area contributed by atoms with E-state index in [0.717, 1.165) is 63.1 Å². The average Bonchev–Trinajstić information content (AvgIpc) is 2.71. The van der Waals surface area contributed by atoms with Crippen LogP contribution in [0.2, 0.25) is 0 Å². The average molecular weight is 374 g/mol. The third-order valence-corrected chi connectivity index (χ3v) is 5.77. The molecule has 0 bridgehead atoms. The van der Waals surface area contributed by atoms with E-state index in [0.29, 0.717) is 6.54 Å². The molecule has 1 N–H and O–H groups in total. The van der Waals surface area contributed by atoms with Crippen molar-refractivity contribution in [3.8, 4) is 5.75 Å². The highest BCUT2D eigenvalue weighted by Gasteiger charge is 2.25. The number of nitrogens with zero attached hydrogens (tertiary/aromatic N) is 2. The van der Waals surface area contributed by atoms with E-state index in [1.807, 2.05) is 24.3 Å². The normalized spacial score (nSPS) is 19.7. The SMILES string of the molecule is CCCCOc1ccc(NC(=O)CN2CCN(C3CCCCC3)CC2)cc1. The third kappa shape index (κ3) is 6.51. The van der Waals surface area contributed by atoms with Crippen LogP contribution in [0.1, 0.15) is 51.9 Å². The van der Waals surface area contributed by atoms with Crippen LogP contribution in [-0.2, 0) is 4.79 Å². The summed E-state index contributed by atoms with van der Waals surface area (Å²) in [7, 11) is 0. The van der Waals surface area contributed by atoms with Crippen molar-refractivity contribution in [2.45, 2.75) is 57.9 Å². The van der Waals surface area contributed by atoms with Gasteiger partial charge in [-0.2, -0.15) is 0 Å². The molecule has 27 heavy (non-hydrogen) atoms. The number of unbranched alkanes of at least 4 members (excludes halogenated alkanes) is 1. The Bertz CT molecular complexity index is 561. The van der Waals surface area contributed by atoms with Gasteiger partial charge in [-0.25, -0.2) is 0 Å². The Hall–Kier alpha value is -1.59. The molecular formula is C22H35N3O2. The smallest absolute Gasteiger partial charge is 0.238 e. The lowest BCUT2D eigenvalue weighted by molar-refractivity contribution is -0.117.